The molecule has 1 heterocycles. The molecular formula is C22H30N2O5. The summed E-state index contributed by atoms with van der Waals surface area (Å²) in [4.78, 5) is 38.2. The lowest BCUT2D eigenvalue weighted by atomic mass is 9.84. The summed E-state index contributed by atoms with van der Waals surface area (Å²) in [5.41, 5.74) is 1.04. The molecule has 1 amide bonds. The van der Waals surface area contributed by atoms with Gasteiger partial charge in [0.15, 0.2) is 0 Å². The third kappa shape index (κ3) is 4.96. The minimum atomic E-state index is -1.01. The van der Waals surface area contributed by atoms with E-state index in [9.17, 15) is 24.6 Å². The SMILES string of the molecule is C[C@@H](N[C@H](CCc1ccccc1)C(=O)O)C(=O)N1[C@@H](C(=O)O)C[C@@H]2CCCC[C@H]21. The molecule has 1 aliphatic heterocycles. The van der Waals surface area contributed by atoms with Crippen molar-refractivity contribution in [2.24, 2.45) is 5.92 Å². The van der Waals surface area contributed by atoms with Crippen LogP contribution < -0.4 is 5.32 Å². The molecule has 7 heteroatoms. The molecule has 5 atom stereocenters. The first kappa shape index (κ1) is 21.3. The maximum atomic E-state index is 13.2. The fourth-order valence-electron chi connectivity index (χ4n) is 4.83. The van der Waals surface area contributed by atoms with Gasteiger partial charge in [-0.3, -0.25) is 14.9 Å². The van der Waals surface area contributed by atoms with E-state index in [1.54, 1.807) is 6.92 Å². The van der Waals surface area contributed by atoms with Crippen LogP contribution >= 0.6 is 0 Å². The van der Waals surface area contributed by atoms with Gasteiger partial charge in [-0.15, -0.1) is 0 Å². The van der Waals surface area contributed by atoms with Crippen molar-refractivity contribution in [3.05, 3.63) is 35.9 Å². The summed E-state index contributed by atoms with van der Waals surface area (Å²) in [6.07, 6.45) is 5.27. The highest BCUT2D eigenvalue weighted by Crippen LogP contribution is 2.40. The maximum absolute atomic E-state index is 13.2. The highest BCUT2D eigenvalue weighted by molar-refractivity contribution is 5.88. The third-order valence-corrected chi connectivity index (χ3v) is 6.31. The molecule has 0 radical (unpaired) electrons. The second-order valence-electron chi connectivity index (χ2n) is 8.25. The highest BCUT2D eigenvalue weighted by Gasteiger charge is 2.48. The Morgan fingerprint density at radius 3 is 2.48 bits per heavy atom. The summed E-state index contributed by atoms with van der Waals surface area (Å²) >= 11 is 0. The average Bonchev–Trinajstić information content (AvgIpc) is 3.10. The van der Waals surface area contributed by atoms with Crippen LogP contribution in [-0.4, -0.2) is 57.1 Å². The fourth-order valence-corrected chi connectivity index (χ4v) is 4.83. The molecule has 0 spiro atoms. The summed E-state index contributed by atoms with van der Waals surface area (Å²) < 4.78 is 0. The number of hydrogen-bond donors (Lipinski definition) is 3. The summed E-state index contributed by atoms with van der Waals surface area (Å²) in [6.45, 7) is 1.63. The summed E-state index contributed by atoms with van der Waals surface area (Å²) in [7, 11) is 0. The lowest BCUT2D eigenvalue weighted by Crippen LogP contribution is -2.55. The number of benzene rings is 1. The minimum Gasteiger partial charge on any atom is -0.480 e. The predicted octanol–water partition coefficient (Wildman–Crippen LogP) is 2.29. The van der Waals surface area contributed by atoms with Crippen molar-refractivity contribution in [1.29, 1.82) is 0 Å². The number of carboxylic acid groups (broad SMARTS) is 2. The quantitative estimate of drug-likeness (QED) is 0.616. The Balaban J connectivity index is 1.66. The molecule has 1 aliphatic carbocycles. The number of carbonyl (C=O) groups is 3. The van der Waals surface area contributed by atoms with Gasteiger partial charge < -0.3 is 15.1 Å². The van der Waals surface area contributed by atoms with E-state index in [0.717, 1.165) is 31.2 Å². The second-order valence-corrected chi connectivity index (χ2v) is 8.25. The molecule has 29 heavy (non-hydrogen) atoms. The van der Waals surface area contributed by atoms with Crippen LogP contribution in [-0.2, 0) is 20.8 Å². The van der Waals surface area contributed by atoms with Crippen LogP contribution in [0.15, 0.2) is 30.3 Å². The number of nitrogens with zero attached hydrogens (tertiary/aromatic N) is 1. The molecule has 7 nitrogen and oxygen atoms in total. The lowest BCUT2D eigenvalue weighted by Gasteiger charge is -2.35. The van der Waals surface area contributed by atoms with Crippen LogP contribution in [0, 0.1) is 5.92 Å². The molecule has 2 fully saturated rings. The normalized spacial score (nSPS) is 25.8. The van der Waals surface area contributed by atoms with Crippen molar-refractivity contribution >= 4 is 17.8 Å². The van der Waals surface area contributed by atoms with Gasteiger partial charge in [-0.05, 0) is 50.5 Å². The Labute approximate surface area is 171 Å². The Morgan fingerprint density at radius 2 is 1.83 bits per heavy atom. The van der Waals surface area contributed by atoms with Crippen molar-refractivity contribution in [3.63, 3.8) is 0 Å². The molecule has 1 saturated heterocycles. The average molecular weight is 402 g/mol. The number of nitrogens with one attached hydrogen (secondary N) is 1. The molecule has 1 aromatic carbocycles. The van der Waals surface area contributed by atoms with Crippen molar-refractivity contribution < 1.29 is 24.6 Å². The minimum absolute atomic E-state index is 0.0470. The number of carbonyl (C=O) groups excluding carboxylic acids is 1. The van der Waals surface area contributed by atoms with Crippen molar-refractivity contribution in [3.8, 4) is 0 Å². The zero-order valence-electron chi connectivity index (χ0n) is 16.8. The van der Waals surface area contributed by atoms with E-state index in [-0.39, 0.29) is 17.9 Å². The Kier molecular flexibility index (Phi) is 6.90. The molecule has 0 aromatic heterocycles. The van der Waals surface area contributed by atoms with E-state index in [0.29, 0.717) is 19.3 Å². The molecule has 0 unspecified atom stereocenters. The van der Waals surface area contributed by atoms with Crippen molar-refractivity contribution in [2.45, 2.75) is 76.0 Å². The first-order valence-electron chi connectivity index (χ1n) is 10.5. The van der Waals surface area contributed by atoms with E-state index in [2.05, 4.69) is 5.32 Å². The molecule has 158 valence electrons. The Hall–Kier alpha value is -2.41. The molecule has 2 aliphatic rings. The van der Waals surface area contributed by atoms with Gasteiger partial charge in [0.25, 0.3) is 0 Å². The van der Waals surface area contributed by atoms with Crippen LogP contribution in [0.25, 0.3) is 0 Å². The molecule has 1 aromatic rings. The standard InChI is InChI=1S/C22H30N2O5/c1-14(23-17(21(26)27)12-11-15-7-3-2-4-8-15)20(25)24-18-10-6-5-9-16(18)13-19(24)22(28)29/h2-4,7-8,14,16-19,23H,5-6,9-13H2,1H3,(H,26,27)(H,28,29)/t14-,16+,17-,18-,19-/m1/s1. The largest absolute Gasteiger partial charge is 0.480 e. The van der Waals surface area contributed by atoms with Crippen LogP contribution in [0.3, 0.4) is 0 Å². The first-order chi connectivity index (χ1) is 13.9. The number of fused-ring (bicyclic) bond motifs is 1. The van der Waals surface area contributed by atoms with Gasteiger partial charge in [-0.2, -0.15) is 0 Å². The topological polar surface area (TPSA) is 107 Å². The predicted molar refractivity (Wildman–Crippen MR) is 107 cm³/mol. The van der Waals surface area contributed by atoms with Crippen LogP contribution in [0.5, 0.6) is 0 Å². The summed E-state index contributed by atoms with van der Waals surface area (Å²) in [5, 5.41) is 22.2. The molecular weight excluding hydrogens is 372 g/mol. The number of aliphatic carboxylic acids is 2. The Bertz CT molecular complexity index is 738. The third-order valence-electron chi connectivity index (χ3n) is 6.31. The van der Waals surface area contributed by atoms with E-state index in [1.807, 2.05) is 30.3 Å². The van der Waals surface area contributed by atoms with Crippen molar-refractivity contribution in [2.75, 3.05) is 0 Å². The number of aryl methyl sites for hydroxylation is 1. The summed E-state index contributed by atoms with van der Waals surface area (Å²) in [6, 6.07) is 7.12. The van der Waals surface area contributed by atoms with Gasteiger partial charge in [0.1, 0.15) is 12.1 Å². The van der Waals surface area contributed by atoms with Crippen molar-refractivity contribution in [1.82, 2.24) is 10.2 Å². The monoisotopic (exact) mass is 402 g/mol. The van der Waals surface area contributed by atoms with E-state index < -0.39 is 30.1 Å². The Morgan fingerprint density at radius 1 is 1.14 bits per heavy atom. The first-order valence-corrected chi connectivity index (χ1v) is 10.5. The van der Waals surface area contributed by atoms with E-state index in [4.69, 9.17) is 0 Å². The highest BCUT2D eigenvalue weighted by atomic mass is 16.4. The van der Waals surface area contributed by atoms with Gasteiger partial charge in [0.2, 0.25) is 5.91 Å². The number of carboxylic acids is 2. The maximum Gasteiger partial charge on any atom is 0.326 e. The van der Waals surface area contributed by atoms with E-state index in [1.165, 1.54) is 4.90 Å². The molecule has 3 rings (SSSR count). The van der Waals surface area contributed by atoms with Gasteiger partial charge in [0, 0.05) is 6.04 Å². The molecule has 0 bridgehead atoms. The lowest BCUT2D eigenvalue weighted by molar-refractivity contribution is -0.151. The van der Waals surface area contributed by atoms with Gasteiger partial charge in [-0.1, -0.05) is 43.2 Å². The number of hydrogen-bond acceptors (Lipinski definition) is 4. The molecule has 3 N–H and O–H groups in total. The molecule has 1 saturated carbocycles. The smallest absolute Gasteiger partial charge is 0.326 e. The van der Waals surface area contributed by atoms with Gasteiger partial charge in [0.05, 0.1) is 6.04 Å². The zero-order valence-corrected chi connectivity index (χ0v) is 16.8. The van der Waals surface area contributed by atoms with E-state index >= 15 is 0 Å². The number of rotatable bonds is 8. The zero-order chi connectivity index (χ0) is 21.0. The van der Waals surface area contributed by atoms with Crippen LogP contribution in [0.4, 0.5) is 0 Å². The fraction of sp³-hybridized carbons (Fsp3) is 0.591. The van der Waals surface area contributed by atoms with Gasteiger partial charge in [-0.25, -0.2) is 4.79 Å². The van der Waals surface area contributed by atoms with Crippen LogP contribution in [0.2, 0.25) is 0 Å². The number of likely N-dealkylation sites (tertiary alicyclic amines) is 1. The van der Waals surface area contributed by atoms with Crippen LogP contribution in [0.1, 0.15) is 51.0 Å². The second kappa shape index (κ2) is 9.39. The number of amides is 1. The van der Waals surface area contributed by atoms with Gasteiger partial charge >= 0.3 is 11.9 Å². The summed E-state index contributed by atoms with van der Waals surface area (Å²) in [5.74, 6) is -2.06.